The molecule has 0 radical (unpaired) electrons. The van der Waals surface area contributed by atoms with Crippen LogP contribution in [0.1, 0.15) is 145 Å². The molecule has 0 heterocycles. The molecule has 3 aromatic rings. The van der Waals surface area contributed by atoms with Crippen LogP contribution < -0.4 is 0 Å². The number of hydrogen-bond acceptors (Lipinski definition) is 0. The Kier molecular flexibility index (Phi) is 9.26. The Morgan fingerprint density at radius 3 is 1.96 bits per heavy atom. The third-order valence-electron chi connectivity index (χ3n) is 16.1. The zero-order chi connectivity index (χ0) is 36.2. The molecule has 10 rings (SSSR count). The van der Waals surface area contributed by atoms with Crippen molar-refractivity contribution in [3.63, 3.8) is 0 Å². The number of halogens is 2. The quantitative estimate of drug-likeness (QED) is 0.199. The Morgan fingerprint density at radius 1 is 0.769 bits per heavy atom. The molecular weight excluding hydrogens is 767 g/mol. The summed E-state index contributed by atoms with van der Waals surface area (Å²) in [6, 6.07) is 24.2. The van der Waals surface area contributed by atoms with Crippen LogP contribution in [-0.4, -0.2) is 5.92 Å². The zero-order valence-electron chi connectivity index (χ0n) is 32.7. The molecule has 0 amide bonds. The Morgan fingerprint density at radius 2 is 1.37 bits per heavy atom. The van der Waals surface area contributed by atoms with Crippen LogP contribution >= 0.6 is 17.0 Å². The second-order valence-corrected chi connectivity index (χ2v) is 62.0. The van der Waals surface area contributed by atoms with Gasteiger partial charge in [-0.3, -0.25) is 0 Å². The molecular formula is C48H61Cl2SiZr. The van der Waals surface area contributed by atoms with E-state index in [0.717, 1.165) is 30.1 Å². The fraction of sp³-hybridized carbons (Fsp3) is 0.542. The van der Waals surface area contributed by atoms with E-state index in [1.807, 2.05) is 0 Å². The van der Waals surface area contributed by atoms with E-state index < -0.39 is 21.5 Å². The van der Waals surface area contributed by atoms with E-state index in [1.165, 1.54) is 109 Å². The number of hydrogen-bond donors (Lipinski definition) is 0. The van der Waals surface area contributed by atoms with Gasteiger partial charge >= 0.3 is 327 Å². The Hall–Kier alpha value is -1.18. The van der Waals surface area contributed by atoms with Crippen LogP contribution in [0.4, 0.5) is 0 Å². The van der Waals surface area contributed by atoms with Gasteiger partial charge in [-0.15, -0.1) is 0 Å². The fourth-order valence-electron chi connectivity index (χ4n) is 13.5. The molecule has 4 heteroatoms. The molecule has 0 nitrogen and oxygen atoms in total. The van der Waals surface area contributed by atoms with Gasteiger partial charge in [-0.2, -0.15) is 0 Å². The Labute approximate surface area is 324 Å². The first-order valence-electron chi connectivity index (χ1n) is 21.2. The van der Waals surface area contributed by atoms with Gasteiger partial charge < -0.3 is 0 Å². The summed E-state index contributed by atoms with van der Waals surface area (Å²) in [6.45, 7) is 14.6. The molecule has 3 aromatic carbocycles. The molecule has 4 bridgehead atoms. The molecule has 0 saturated heterocycles. The van der Waals surface area contributed by atoms with Crippen LogP contribution in [0.5, 0.6) is 0 Å². The Bertz CT molecular complexity index is 1910. The molecule has 3 atom stereocenters. The van der Waals surface area contributed by atoms with Gasteiger partial charge in [0.05, 0.1) is 0 Å². The van der Waals surface area contributed by atoms with Crippen molar-refractivity contribution in [1.82, 2.24) is 0 Å². The monoisotopic (exact) mass is 825 g/mol. The topological polar surface area (TPSA) is 0 Å². The zero-order valence-corrected chi connectivity index (χ0v) is 37.8. The summed E-state index contributed by atoms with van der Waals surface area (Å²) in [5.41, 5.74) is 15.0. The molecule has 52 heavy (non-hydrogen) atoms. The first kappa shape index (κ1) is 36.5. The first-order chi connectivity index (χ1) is 24.9. The Balaban J connectivity index is 1.13. The van der Waals surface area contributed by atoms with E-state index >= 15 is 0 Å². The summed E-state index contributed by atoms with van der Waals surface area (Å²) in [7, 11) is 17.7. The van der Waals surface area contributed by atoms with E-state index in [9.17, 15) is 0 Å². The van der Waals surface area contributed by atoms with Gasteiger partial charge in [0, 0.05) is 0 Å². The van der Waals surface area contributed by atoms with Crippen LogP contribution in [0.15, 0.2) is 71.8 Å². The van der Waals surface area contributed by atoms with Gasteiger partial charge in [-0.1, -0.05) is 0 Å². The van der Waals surface area contributed by atoms with E-state index in [4.69, 9.17) is 17.0 Å². The van der Waals surface area contributed by atoms with E-state index in [-0.39, 0.29) is 7.25 Å². The molecule has 0 aromatic heterocycles. The van der Waals surface area contributed by atoms with Crippen molar-refractivity contribution in [3.8, 4) is 11.1 Å². The number of allylic oxidation sites excluding steroid dienone is 2. The van der Waals surface area contributed by atoms with E-state index in [0.29, 0.717) is 17.3 Å². The maximum absolute atomic E-state index is 8.83. The SMILES string of the molecule is CCC(C)c1cccc2c1C=C(C1CCC(C)CC1)[CH]2[Zr]([Cl])([Cl])([CH]1C(C)=Cc2c(-c3ccc(C45CC6CC(CC(C6)C4)C5)cc3)cccc21)[SiH](C)C. The molecule has 7 aliphatic rings. The average molecular weight is 828 g/mol. The molecule has 3 unspecified atom stereocenters. The molecule has 0 aliphatic heterocycles. The summed E-state index contributed by atoms with van der Waals surface area (Å²) >= 11 is -4.80. The number of rotatable bonds is 8. The molecule has 7 aliphatic carbocycles. The van der Waals surface area contributed by atoms with Gasteiger partial charge in [0.2, 0.25) is 0 Å². The molecule has 5 saturated carbocycles. The second-order valence-electron chi connectivity index (χ2n) is 19.5. The van der Waals surface area contributed by atoms with Gasteiger partial charge in [-0.25, -0.2) is 0 Å². The van der Waals surface area contributed by atoms with E-state index in [1.54, 1.807) is 11.1 Å². The standard InChI is InChI=1S/C26H27.C20H27.C2H7Si.2ClH.Zr/c1-17-9-22-3-2-4-24(25(22)10-17)21-5-7-23(8-6-21)26-14-18-11-19(15-26)13-20(12-18)16-26;1-4-15(3)19-7-5-6-17-12-18(13-20(17)19)16-10-8-14(2)9-11-16;1-3-2;;;/h2-10,18-20H,11-16H2,1H3;5-7,12-16H,4,8-11H2,1-3H3;3H,1-2H3;2*1H;/q;;;;;+2/p-2. The fourth-order valence-corrected chi connectivity index (χ4v) is 45.5. The molecule has 0 N–H and O–H groups in total. The van der Waals surface area contributed by atoms with Crippen LogP contribution in [0.25, 0.3) is 23.3 Å². The van der Waals surface area contributed by atoms with Crippen molar-refractivity contribution in [2.24, 2.45) is 29.6 Å². The molecule has 275 valence electrons. The van der Waals surface area contributed by atoms with Crippen LogP contribution in [0, 0.1) is 29.6 Å². The third kappa shape index (κ3) is 5.55. The van der Waals surface area contributed by atoms with Gasteiger partial charge in [0.15, 0.2) is 0 Å². The molecule has 0 spiro atoms. The summed E-state index contributed by atoms with van der Waals surface area (Å²) in [6.07, 6.45) is 20.2. The summed E-state index contributed by atoms with van der Waals surface area (Å²) in [5, 5.41) is 0. The van der Waals surface area contributed by atoms with Gasteiger partial charge in [0.25, 0.3) is 0 Å². The van der Waals surface area contributed by atoms with Crippen LogP contribution in [0.3, 0.4) is 0 Å². The normalized spacial score (nSPS) is 33.3. The second kappa shape index (κ2) is 13.2. The van der Waals surface area contributed by atoms with Gasteiger partial charge in [-0.05, 0) is 0 Å². The third-order valence-corrected chi connectivity index (χ3v) is 68.1. The van der Waals surface area contributed by atoms with Crippen molar-refractivity contribution in [1.29, 1.82) is 0 Å². The molecule has 5 fully saturated rings. The van der Waals surface area contributed by atoms with Crippen molar-refractivity contribution in [3.05, 3.63) is 105 Å². The summed E-state index contributed by atoms with van der Waals surface area (Å²) in [4.78, 5) is 0. The van der Waals surface area contributed by atoms with Crippen LogP contribution in [0.2, 0.25) is 13.1 Å². The van der Waals surface area contributed by atoms with Crippen molar-refractivity contribution in [2.45, 2.75) is 130 Å². The van der Waals surface area contributed by atoms with Crippen LogP contribution in [-0.2, 0) is 21.0 Å². The number of benzene rings is 3. The minimum atomic E-state index is -4.80. The van der Waals surface area contributed by atoms with E-state index in [2.05, 4.69) is 114 Å². The van der Waals surface area contributed by atoms with Crippen molar-refractivity contribution < 1.29 is 15.6 Å². The summed E-state index contributed by atoms with van der Waals surface area (Å²) in [5.74, 6) is 3.22. The summed E-state index contributed by atoms with van der Waals surface area (Å²) < 4.78 is 0.336. The van der Waals surface area contributed by atoms with Crippen molar-refractivity contribution in [2.75, 3.05) is 0 Å². The first-order valence-corrected chi connectivity index (χ1v) is 37.5. The van der Waals surface area contributed by atoms with Gasteiger partial charge in [0.1, 0.15) is 0 Å². The van der Waals surface area contributed by atoms with Crippen molar-refractivity contribution >= 4 is 35.1 Å². The maximum atomic E-state index is 8.83. The predicted octanol–water partition coefficient (Wildman–Crippen LogP) is 14.7. The predicted molar refractivity (Wildman–Crippen MR) is 226 cm³/mol. The average Bonchev–Trinajstić information content (AvgIpc) is 3.70. The number of fused-ring (bicyclic) bond motifs is 2. The minimum absolute atomic E-state index is 0.145.